The van der Waals surface area contributed by atoms with Crippen LogP contribution < -0.4 is 10.1 Å². The smallest absolute Gasteiger partial charge is 0.432 e. The maximum absolute atomic E-state index is 13.0. The molecular formula is C28H29F3N4O2. The summed E-state index contributed by atoms with van der Waals surface area (Å²) in [6.07, 6.45) is -1.78. The first-order valence-electron chi connectivity index (χ1n) is 12.2. The van der Waals surface area contributed by atoms with Gasteiger partial charge in [-0.25, -0.2) is 4.98 Å². The fraction of sp³-hybridized carbons (Fsp3) is 0.357. The summed E-state index contributed by atoms with van der Waals surface area (Å²) in [5.74, 6) is 5.61. The second-order valence-electron chi connectivity index (χ2n) is 9.31. The minimum Gasteiger partial charge on any atom is -0.491 e. The summed E-state index contributed by atoms with van der Waals surface area (Å²) in [5, 5.41) is 2.73. The monoisotopic (exact) mass is 510 g/mol. The third-order valence-corrected chi connectivity index (χ3v) is 6.33. The van der Waals surface area contributed by atoms with Gasteiger partial charge in [-0.05, 0) is 76.0 Å². The van der Waals surface area contributed by atoms with Gasteiger partial charge in [-0.1, -0.05) is 24.1 Å². The predicted octanol–water partition coefficient (Wildman–Crippen LogP) is 5.58. The van der Waals surface area contributed by atoms with Crippen molar-refractivity contribution in [3.05, 3.63) is 66.0 Å². The number of alkyl halides is 3. The number of nitrogens with zero attached hydrogens (tertiary/aromatic N) is 2. The van der Waals surface area contributed by atoms with E-state index >= 15 is 0 Å². The number of benzene rings is 2. The molecule has 3 aromatic rings. The summed E-state index contributed by atoms with van der Waals surface area (Å²) < 4.78 is 45.2. The number of likely N-dealkylation sites (tertiary alicyclic amines) is 1. The largest absolute Gasteiger partial charge is 0.491 e. The van der Waals surface area contributed by atoms with Gasteiger partial charge < -0.3 is 19.9 Å². The number of aromatic nitrogens is 2. The zero-order valence-electron chi connectivity index (χ0n) is 20.7. The number of carbonyl (C=O) groups is 1. The number of aromatic amines is 1. The Labute approximate surface area is 214 Å². The Hall–Kier alpha value is -3.77. The van der Waals surface area contributed by atoms with Crippen LogP contribution >= 0.6 is 0 Å². The van der Waals surface area contributed by atoms with Gasteiger partial charge in [0, 0.05) is 23.1 Å². The molecule has 0 bridgehead atoms. The average molecular weight is 511 g/mol. The first-order valence-corrected chi connectivity index (χ1v) is 12.2. The molecule has 2 N–H and O–H groups in total. The Morgan fingerprint density at radius 2 is 1.92 bits per heavy atom. The molecule has 0 radical (unpaired) electrons. The second-order valence-corrected chi connectivity index (χ2v) is 9.31. The topological polar surface area (TPSA) is 70.2 Å². The maximum Gasteiger partial charge on any atom is 0.432 e. The summed E-state index contributed by atoms with van der Waals surface area (Å²) in [6.45, 7) is 6.85. The number of hydrogen-bond donors (Lipinski definition) is 2. The molecule has 2 aromatic carbocycles. The van der Waals surface area contributed by atoms with Crippen LogP contribution in [0.1, 0.15) is 37.9 Å². The van der Waals surface area contributed by atoms with Gasteiger partial charge in [0.1, 0.15) is 17.3 Å². The zero-order chi connectivity index (χ0) is 26.4. The number of halogens is 3. The Kier molecular flexibility index (Phi) is 8.19. The molecule has 194 valence electrons. The van der Waals surface area contributed by atoms with E-state index in [2.05, 4.69) is 45.9 Å². The van der Waals surface area contributed by atoms with Crippen LogP contribution in [0.2, 0.25) is 0 Å². The third kappa shape index (κ3) is 7.14. The quantitative estimate of drug-likeness (QED) is 0.425. The lowest BCUT2D eigenvalue weighted by atomic mass is 9.97. The van der Waals surface area contributed by atoms with Crippen LogP contribution in [0.3, 0.4) is 0 Å². The molecule has 1 saturated heterocycles. The normalized spacial score (nSPS) is 14.8. The minimum absolute atomic E-state index is 0.0331. The van der Waals surface area contributed by atoms with Crippen LogP contribution in [0.4, 0.5) is 18.9 Å². The van der Waals surface area contributed by atoms with Crippen LogP contribution in [-0.4, -0.2) is 46.5 Å². The summed E-state index contributed by atoms with van der Waals surface area (Å²) in [7, 11) is 0. The van der Waals surface area contributed by atoms with Crippen molar-refractivity contribution in [3.8, 4) is 29.0 Å². The average Bonchev–Trinajstić information content (AvgIpc) is 3.39. The predicted molar refractivity (Wildman–Crippen MR) is 136 cm³/mol. The number of anilines is 1. The molecule has 0 spiro atoms. The highest BCUT2D eigenvalue weighted by molar-refractivity contribution is 6.05. The Morgan fingerprint density at radius 3 is 2.57 bits per heavy atom. The molecule has 1 aliphatic rings. The van der Waals surface area contributed by atoms with Crippen molar-refractivity contribution in [1.82, 2.24) is 14.9 Å². The molecule has 9 heteroatoms. The lowest BCUT2D eigenvalue weighted by Gasteiger charge is -2.34. The molecule has 6 nitrogen and oxygen atoms in total. The van der Waals surface area contributed by atoms with Crippen LogP contribution in [0.15, 0.2) is 54.7 Å². The number of piperidine rings is 1. The van der Waals surface area contributed by atoms with Gasteiger partial charge >= 0.3 is 12.1 Å². The van der Waals surface area contributed by atoms with Gasteiger partial charge in [0.25, 0.3) is 0 Å². The van der Waals surface area contributed by atoms with Gasteiger partial charge in [-0.3, -0.25) is 4.79 Å². The first-order chi connectivity index (χ1) is 17.7. The summed E-state index contributed by atoms with van der Waals surface area (Å²) in [6, 6.07) is 14.4. The summed E-state index contributed by atoms with van der Waals surface area (Å²) in [5.41, 5.74) is 0.426. The van der Waals surface area contributed by atoms with Crippen molar-refractivity contribution in [2.24, 2.45) is 5.92 Å². The Bertz CT molecular complexity index is 1270. The van der Waals surface area contributed by atoms with Crippen LogP contribution in [-0.2, 0) is 11.0 Å². The van der Waals surface area contributed by atoms with Gasteiger partial charge in [-0.15, -0.1) is 0 Å². The van der Waals surface area contributed by atoms with E-state index in [9.17, 15) is 18.0 Å². The fourth-order valence-corrected chi connectivity index (χ4v) is 4.16. The molecule has 1 fully saturated rings. The summed E-state index contributed by atoms with van der Waals surface area (Å²) >= 11 is 0. The van der Waals surface area contributed by atoms with Crippen molar-refractivity contribution in [3.63, 3.8) is 0 Å². The lowest BCUT2D eigenvalue weighted by Crippen LogP contribution is -2.39. The van der Waals surface area contributed by atoms with E-state index in [1.165, 1.54) is 6.07 Å². The van der Waals surface area contributed by atoms with Crippen molar-refractivity contribution in [1.29, 1.82) is 0 Å². The van der Waals surface area contributed by atoms with Gasteiger partial charge in [0.15, 0.2) is 0 Å². The molecule has 4 rings (SSSR count). The van der Waals surface area contributed by atoms with E-state index in [1.807, 2.05) is 18.2 Å². The number of H-pyrrole nitrogens is 1. The number of amides is 1. The Balaban J connectivity index is 1.52. The van der Waals surface area contributed by atoms with Gasteiger partial charge in [0.2, 0.25) is 0 Å². The lowest BCUT2D eigenvalue weighted by molar-refractivity contribution is -0.140. The highest BCUT2D eigenvalue weighted by Gasteiger charge is 2.33. The Morgan fingerprint density at radius 1 is 1.19 bits per heavy atom. The van der Waals surface area contributed by atoms with Gasteiger partial charge in [-0.2, -0.15) is 13.2 Å². The summed E-state index contributed by atoms with van der Waals surface area (Å²) in [4.78, 5) is 21.2. The van der Waals surface area contributed by atoms with E-state index in [0.717, 1.165) is 32.1 Å². The minimum atomic E-state index is -4.54. The molecular weight excluding hydrogens is 481 g/mol. The highest BCUT2D eigenvalue weighted by atomic mass is 19.4. The molecule has 0 unspecified atom stereocenters. The number of imidazole rings is 1. The standard InChI is InChI=1S/C28H29F3N4O2/c1-19(2)35-14-12-21(13-15-35)18-37-24-10-9-22(27-32-17-25(34-27)28(29,30)31)16-23(24)33-26(36)11-8-20-6-4-3-5-7-20/h3-7,9-10,16-17,19,21H,12-15,18H2,1-2H3,(H,32,34)(H,33,36). The second kappa shape index (κ2) is 11.5. The molecule has 37 heavy (non-hydrogen) atoms. The molecule has 0 aliphatic carbocycles. The van der Waals surface area contributed by atoms with E-state index in [-0.39, 0.29) is 5.82 Å². The highest BCUT2D eigenvalue weighted by Crippen LogP contribution is 2.33. The first kappa shape index (κ1) is 26.3. The van der Waals surface area contributed by atoms with Crippen LogP contribution in [0, 0.1) is 17.8 Å². The third-order valence-electron chi connectivity index (χ3n) is 6.33. The van der Waals surface area contributed by atoms with E-state index in [4.69, 9.17) is 4.74 Å². The van der Waals surface area contributed by atoms with Crippen molar-refractivity contribution >= 4 is 11.6 Å². The van der Waals surface area contributed by atoms with Crippen LogP contribution in [0.25, 0.3) is 11.4 Å². The van der Waals surface area contributed by atoms with E-state index < -0.39 is 17.8 Å². The fourth-order valence-electron chi connectivity index (χ4n) is 4.16. The number of carbonyl (C=O) groups excluding carboxylic acids is 1. The van der Waals surface area contributed by atoms with Gasteiger partial charge in [0.05, 0.1) is 18.5 Å². The number of rotatable bonds is 6. The zero-order valence-corrected chi connectivity index (χ0v) is 20.7. The molecule has 0 saturated carbocycles. The molecule has 1 amide bonds. The van der Waals surface area contributed by atoms with Crippen molar-refractivity contribution in [2.45, 2.75) is 38.9 Å². The molecule has 2 heterocycles. The van der Waals surface area contributed by atoms with Crippen molar-refractivity contribution < 1.29 is 22.7 Å². The van der Waals surface area contributed by atoms with E-state index in [1.54, 1.807) is 24.3 Å². The number of ether oxygens (including phenoxy) is 1. The molecule has 1 aliphatic heterocycles. The SMILES string of the molecule is CC(C)N1CCC(COc2ccc(-c3ncc(C(F)(F)F)[nH]3)cc2NC(=O)C#Cc2ccccc2)CC1. The molecule has 0 atom stereocenters. The molecule has 1 aromatic heterocycles. The van der Waals surface area contributed by atoms with E-state index in [0.29, 0.717) is 41.1 Å². The maximum atomic E-state index is 13.0. The van der Waals surface area contributed by atoms with Crippen LogP contribution in [0.5, 0.6) is 5.75 Å². The number of hydrogen-bond acceptors (Lipinski definition) is 4. The number of nitrogens with one attached hydrogen (secondary N) is 2. The van der Waals surface area contributed by atoms with Crippen molar-refractivity contribution in [2.75, 3.05) is 25.0 Å².